The van der Waals surface area contributed by atoms with Crippen molar-refractivity contribution in [2.24, 2.45) is 5.92 Å². The summed E-state index contributed by atoms with van der Waals surface area (Å²) in [6, 6.07) is 4.68. The van der Waals surface area contributed by atoms with Crippen molar-refractivity contribution >= 4 is 34.9 Å². The van der Waals surface area contributed by atoms with E-state index in [4.69, 9.17) is 23.2 Å². The molecule has 1 aromatic carbocycles. The summed E-state index contributed by atoms with van der Waals surface area (Å²) in [5.41, 5.74) is 1.49. The molecule has 98 valence electrons. The van der Waals surface area contributed by atoms with Gasteiger partial charge in [-0.1, -0.05) is 48.7 Å². The van der Waals surface area contributed by atoms with Crippen LogP contribution in [0, 0.1) is 5.92 Å². The molecule has 0 fully saturated rings. The van der Waals surface area contributed by atoms with Crippen LogP contribution in [0.15, 0.2) is 30.0 Å². The minimum absolute atomic E-state index is 0.370. The highest BCUT2D eigenvalue weighted by molar-refractivity contribution is 6.39. The standard InChI is InChI=1S/C13H16Cl2N2O/c1-8(2)9(3)7-16-13(18)17-12-10(14)5-4-6-11(12)15/h4-8H,1-3H3,(H2,16,17,18)/b9-7+. The molecular weight excluding hydrogens is 271 g/mol. The molecule has 0 atom stereocenters. The SMILES string of the molecule is C/C(=C\NC(=O)Nc1c(Cl)cccc1Cl)C(C)C. The molecule has 2 N–H and O–H groups in total. The molecule has 0 aliphatic carbocycles. The summed E-state index contributed by atoms with van der Waals surface area (Å²) in [7, 11) is 0. The summed E-state index contributed by atoms with van der Waals surface area (Å²) < 4.78 is 0. The monoisotopic (exact) mass is 286 g/mol. The van der Waals surface area contributed by atoms with Gasteiger partial charge < -0.3 is 10.6 Å². The van der Waals surface area contributed by atoms with Crippen molar-refractivity contribution in [3.63, 3.8) is 0 Å². The van der Waals surface area contributed by atoms with Crippen LogP contribution in [-0.4, -0.2) is 6.03 Å². The second kappa shape index (κ2) is 6.66. The number of hydrogen-bond donors (Lipinski definition) is 2. The van der Waals surface area contributed by atoms with Gasteiger partial charge in [0.15, 0.2) is 0 Å². The highest BCUT2D eigenvalue weighted by Crippen LogP contribution is 2.29. The predicted molar refractivity (Wildman–Crippen MR) is 77.2 cm³/mol. The number of rotatable bonds is 3. The smallest absolute Gasteiger partial charge is 0.314 e. The lowest BCUT2D eigenvalue weighted by Gasteiger charge is -2.10. The Bertz CT molecular complexity index is 450. The number of halogens is 2. The second-order valence-corrected chi connectivity index (χ2v) is 5.05. The van der Waals surface area contributed by atoms with Crippen LogP contribution >= 0.6 is 23.2 Å². The maximum absolute atomic E-state index is 11.7. The molecule has 0 aromatic heterocycles. The van der Waals surface area contributed by atoms with Gasteiger partial charge in [0.05, 0.1) is 15.7 Å². The van der Waals surface area contributed by atoms with Crippen LogP contribution in [-0.2, 0) is 0 Å². The molecule has 0 saturated carbocycles. The van der Waals surface area contributed by atoms with Crippen LogP contribution in [0.2, 0.25) is 10.0 Å². The van der Waals surface area contributed by atoms with E-state index in [0.29, 0.717) is 21.7 Å². The van der Waals surface area contributed by atoms with E-state index in [2.05, 4.69) is 24.5 Å². The number of carbonyl (C=O) groups excluding carboxylic acids is 1. The Morgan fingerprint density at radius 1 is 1.28 bits per heavy atom. The van der Waals surface area contributed by atoms with Crippen molar-refractivity contribution < 1.29 is 4.79 Å². The molecule has 0 saturated heterocycles. The van der Waals surface area contributed by atoms with E-state index in [1.807, 2.05) is 6.92 Å². The van der Waals surface area contributed by atoms with Gasteiger partial charge in [-0.3, -0.25) is 0 Å². The molecular formula is C13H16Cl2N2O. The molecule has 0 unspecified atom stereocenters. The van der Waals surface area contributed by atoms with Crippen LogP contribution in [0.4, 0.5) is 10.5 Å². The van der Waals surface area contributed by atoms with E-state index >= 15 is 0 Å². The van der Waals surface area contributed by atoms with Crippen LogP contribution in [0.5, 0.6) is 0 Å². The summed E-state index contributed by atoms with van der Waals surface area (Å²) in [5, 5.41) is 6.06. The third kappa shape index (κ3) is 4.24. The molecule has 0 bridgehead atoms. The molecule has 0 heterocycles. The van der Waals surface area contributed by atoms with E-state index in [1.54, 1.807) is 24.4 Å². The average molecular weight is 287 g/mol. The molecule has 18 heavy (non-hydrogen) atoms. The van der Waals surface area contributed by atoms with Crippen LogP contribution in [0.25, 0.3) is 0 Å². The second-order valence-electron chi connectivity index (χ2n) is 4.24. The third-order valence-corrected chi connectivity index (χ3v) is 3.17. The van der Waals surface area contributed by atoms with Crippen molar-refractivity contribution in [3.8, 4) is 0 Å². The third-order valence-electron chi connectivity index (χ3n) is 2.54. The summed E-state index contributed by atoms with van der Waals surface area (Å²) in [5.74, 6) is 0.384. The maximum Gasteiger partial charge on any atom is 0.323 e. The Morgan fingerprint density at radius 2 is 1.83 bits per heavy atom. The normalized spacial score (nSPS) is 11.6. The first-order valence-electron chi connectivity index (χ1n) is 5.60. The van der Waals surface area contributed by atoms with Gasteiger partial charge in [-0.05, 0) is 25.0 Å². The van der Waals surface area contributed by atoms with E-state index in [-0.39, 0.29) is 6.03 Å². The number of para-hydroxylation sites is 1. The lowest BCUT2D eigenvalue weighted by molar-refractivity contribution is 0.255. The predicted octanol–water partition coefficient (Wildman–Crippen LogP) is 4.67. The number of urea groups is 1. The van der Waals surface area contributed by atoms with E-state index in [9.17, 15) is 4.79 Å². The minimum Gasteiger partial charge on any atom is -0.314 e. The number of anilines is 1. The highest BCUT2D eigenvalue weighted by atomic mass is 35.5. The Hall–Kier alpha value is -1.19. The fraction of sp³-hybridized carbons (Fsp3) is 0.308. The molecule has 3 nitrogen and oxygen atoms in total. The Kier molecular flexibility index (Phi) is 5.51. The Morgan fingerprint density at radius 3 is 2.33 bits per heavy atom. The summed E-state index contributed by atoms with van der Waals surface area (Å²) in [6.07, 6.45) is 1.67. The molecule has 2 amide bonds. The first-order chi connectivity index (χ1) is 8.41. The first kappa shape index (κ1) is 14.9. The van der Waals surface area contributed by atoms with Gasteiger partial charge >= 0.3 is 6.03 Å². The van der Waals surface area contributed by atoms with E-state index in [0.717, 1.165) is 5.57 Å². The number of amides is 2. The molecule has 0 radical (unpaired) electrons. The molecule has 0 aliphatic heterocycles. The number of hydrogen-bond acceptors (Lipinski definition) is 1. The number of nitrogens with one attached hydrogen (secondary N) is 2. The van der Waals surface area contributed by atoms with Gasteiger partial charge in [0.1, 0.15) is 0 Å². The number of carbonyl (C=O) groups is 1. The molecule has 1 rings (SSSR count). The van der Waals surface area contributed by atoms with Gasteiger partial charge in [-0.2, -0.15) is 0 Å². The summed E-state index contributed by atoms with van der Waals surface area (Å²) in [4.78, 5) is 11.7. The fourth-order valence-corrected chi connectivity index (χ4v) is 1.60. The van der Waals surface area contributed by atoms with Gasteiger partial charge in [0.2, 0.25) is 0 Å². The van der Waals surface area contributed by atoms with Gasteiger partial charge in [-0.15, -0.1) is 0 Å². The van der Waals surface area contributed by atoms with Crippen molar-refractivity contribution in [2.45, 2.75) is 20.8 Å². The zero-order chi connectivity index (χ0) is 13.7. The van der Waals surface area contributed by atoms with Gasteiger partial charge in [0.25, 0.3) is 0 Å². The van der Waals surface area contributed by atoms with Crippen molar-refractivity contribution in [2.75, 3.05) is 5.32 Å². The molecule has 5 heteroatoms. The number of benzene rings is 1. The first-order valence-corrected chi connectivity index (χ1v) is 6.35. The molecule has 0 aliphatic rings. The lowest BCUT2D eigenvalue weighted by Crippen LogP contribution is -2.24. The zero-order valence-corrected chi connectivity index (χ0v) is 12.1. The lowest BCUT2D eigenvalue weighted by atomic mass is 10.1. The topological polar surface area (TPSA) is 41.1 Å². The van der Waals surface area contributed by atoms with Crippen molar-refractivity contribution in [1.82, 2.24) is 5.32 Å². The van der Waals surface area contributed by atoms with E-state index < -0.39 is 0 Å². The minimum atomic E-state index is -0.370. The Labute approximate surface area is 117 Å². The molecule has 0 spiro atoms. The quantitative estimate of drug-likeness (QED) is 0.833. The maximum atomic E-state index is 11.7. The van der Waals surface area contributed by atoms with Crippen molar-refractivity contribution in [1.29, 1.82) is 0 Å². The van der Waals surface area contributed by atoms with Gasteiger partial charge in [-0.25, -0.2) is 4.79 Å². The Balaban J connectivity index is 2.69. The fourth-order valence-electron chi connectivity index (χ4n) is 1.11. The summed E-state index contributed by atoms with van der Waals surface area (Å²) >= 11 is 11.9. The molecule has 1 aromatic rings. The highest BCUT2D eigenvalue weighted by Gasteiger charge is 2.08. The zero-order valence-electron chi connectivity index (χ0n) is 10.6. The van der Waals surface area contributed by atoms with Crippen LogP contribution in [0.1, 0.15) is 20.8 Å². The average Bonchev–Trinajstić information content (AvgIpc) is 2.30. The van der Waals surface area contributed by atoms with Gasteiger partial charge in [0, 0.05) is 6.20 Å². The largest absolute Gasteiger partial charge is 0.323 e. The van der Waals surface area contributed by atoms with Crippen LogP contribution < -0.4 is 10.6 Å². The van der Waals surface area contributed by atoms with Crippen molar-refractivity contribution in [3.05, 3.63) is 40.0 Å². The summed E-state index contributed by atoms with van der Waals surface area (Å²) in [6.45, 7) is 6.06. The van der Waals surface area contributed by atoms with E-state index in [1.165, 1.54) is 0 Å². The van der Waals surface area contributed by atoms with Crippen LogP contribution in [0.3, 0.4) is 0 Å². The number of allylic oxidation sites excluding steroid dienone is 1.